The molecule has 0 unspecified atom stereocenters. The van der Waals surface area contributed by atoms with Crippen molar-refractivity contribution in [3.8, 4) is 6.07 Å². The minimum absolute atomic E-state index is 0.140. The Kier molecular flexibility index (Phi) is 2.22. The summed E-state index contributed by atoms with van der Waals surface area (Å²) in [5, 5.41) is 8.95. The summed E-state index contributed by atoms with van der Waals surface area (Å²) in [4.78, 5) is 12.0. The number of hydrogen-bond donors (Lipinski definition) is 0. The second kappa shape index (κ2) is 3.30. The molecule has 0 saturated heterocycles. The molecule has 0 aromatic heterocycles. The maximum atomic E-state index is 12.0. The monoisotopic (exact) mass is 205 g/mol. The van der Waals surface area contributed by atoms with Crippen LogP contribution in [0.2, 0.25) is 0 Å². The Morgan fingerprint density at radius 1 is 1.40 bits per heavy atom. The van der Waals surface area contributed by atoms with Gasteiger partial charge in [0, 0.05) is 19.8 Å². The lowest BCUT2D eigenvalue weighted by atomic mass is 9.71. The summed E-state index contributed by atoms with van der Waals surface area (Å²) in [6, 6.07) is 2.08. The zero-order valence-corrected chi connectivity index (χ0v) is 8.56. The molecule has 3 aliphatic rings. The molecule has 0 spiro atoms. The number of ketones is 1. The van der Waals surface area contributed by atoms with Gasteiger partial charge in [-0.15, -0.1) is 0 Å². The summed E-state index contributed by atoms with van der Waals surface area (Å²) in [5.74, 6) is -2.27. The molecule has 0 aromatic rings. The minimum atomic E-state index is -1.31. The molecule has 15 heavy (non-hydrogen) atoms. The Morgan fingerprint density at radius 2 is 2.07 bits per heavy atom. The second-order valence-electron chi connectivity index (χ2n) is 3.56. The molecular formula is C11H11NO3. The third-order valence-electron chi connectivity index (χ3n) is 3.00. The van der Waals surface area contributed by atoms with Gasteiger partial charge < -0.3 is 9.47 Å². The summed E-state index contributed by atoms with van der Waals surface area (Å²) in [5.41, 5.74) is 0.533. The van der Waals surface area contributed by atoms with Crippen LogP contribution in [0.4, 0.5) is 0 Å². The molecule has 0 radical (unpaired) electrons. The molecule has 4 heteroatoms. The lowest BCUT2D eigenvalue weighted by Gasteiger charge is -2.42. The maximum absolute atomic E-state index is 12.0. The van der Waals surface area contributed by atoms with Gasteiger partial charge in [-0.3, -0.25) is 4.79 Å². The van der Waals surface area contributed by atoms with Gasteiger partial charge in [-0.2, -0.15) is 5.26 Å². The molecule has 0 N–H and O–H groups in total. The number of methoxy groups -OCH3 is 2. The number of Topliss-reactive ketones (excluding diaryl/α,β-unsaturated/α-hetero) is 1. The first kappa shape index (κ1) is 10.1. The number of rotatable bonds is 2. The van der Waals surface area contributed by atoms with E-state index in [1.54, 1.807) is 18.2 Å². The van der Waals surface area contributed by atoms with Crippen LogP contribution in [-0.2, 0) is 14.3 Å². The van der Waals surface area contributed by atoms with E-state index in [9.17, 15) is 4.79 Å². The van der Waals surface area contributed by atoms with E-state index in [4.69, 9.17) is 14.7 Å². The number of hydrogen-bond acceptors (Lipinski definition) is 4. The van der Waals surface area contributed by atoms with Crippen LogP contribution < -0.4 is 0 Å². The van der Waals surface area contributed by atoms with E-state index >= 15 is 0 Å². The van der Waals surface area contributed by atoms with Crippen LogP contribution in [0.5, 0.6) is 0 Å². The van der Waals surface area contributed by atoms with Gasteiger partial charge in [0.05, 0.1) is 17.9 Å². The van der Waals surface area contributed by atoms with Crippen molar-refractivity contribution in [2.75, 3.05) is 14.2 Å². The first-order valence-corrected chi connectivity index (χ1v) is 4.64. The summed E-state index contributed by atoms with van der Waals surface area (Å²) in [6.45, 7) is 0. The van der Waals surface area contributed by atoms with Crippen molar-refractivity contribution >= 4 is 5.78 Å². The standard InChI is InChI=1S/C11H11NO3/c1-14-11(15-2)9-4-3-7(10(11)13)5-8(9)6-12/h3-5,7,9H,1-2H3/t7-,9-/m1/s1. The lowest BCUT2D eigenvalue weighted by molar-refractivity contribution is -0.223. The highest BCUT2D eigenvalue weighted by Gasteiger charge is 2.54. The molecule has 3 aliphatic carbocycles. The molecule has 0 aliphatic heterocycles. The Morgan fingerprint density at radius 3 is 2.60 bits per heavy atom. The first-order valence-electron chi connectivity index (χ1n) is 4.64. The van der Waals surface area contributed by atoms with Crippen molar-refractivity contribution in [1.29, 1.82) is 5.26 Å². The Bertz CT molecular complexity index is 399. The molecule has 0 heterocycles. The third kappa shape index (κ3) is 1.11. The normalized spacial score (nSPS) is 31.3. The van der Waals surface area contributed by atoms with Crippen LogP contribution in [0.3, 0.4) is 0 Å². The molecule has 0 saturated carbocycles. The summed E-state index contributed by atoms with van der Waals surface area (Å²) in [6.07, 6.45) is 5.26. The van der Waals surface area contributed by atoms with Gasteiger partial charge in [-0.1, -0.05) is 18.2 Å². The molecule has 0 fully saturated rings. The fraction of sp³-hybridized carbons (Fsp3) is 0.455. The highest BCUT2D eigenvalue weighted by molar-refractivity contribution is 5.95. The van der Waals surface area contributed by atoms with Crippen molar-refractivity contribution < 1.29 is 14.3 Å². The predicted octanol–water partition coefficient (Wildman–Crippen LogP) is 0.810. The molecule has 0 aromatic carbocycles. The topological polar surface area (TPSA) is 59.3 Å². The van der Waals surface area contributed by atoms with Crippen LogP contribution in [0, 0.1) is 23.2 Å². The predicted molar refractivity (Wildman–Crippen MR) is 51.6 cm³/mol. The largest absolute Gasteiger partial charge is 0.346 e. The average molecular weight is 205 g/mol. The maximum Gasteiger partial charge on any atom is 0.240 e. The number of fused-ring (bicyclic) bond motifs is 1. The van der Waals surface area contributed by atoms with Gasteiger partial charge >= 0.3 is 0 Å². The average Bonchev–Trinajstić information content (AvgIpc) is 2.31. The number of carbonyl (C=O) groups is 1. The van der Waals surface area contributed by atoms with Crippen molar-refractivity contribution in [1.82, 2.24) is 0 Å². The Hall–Kier alpha value is -1.44. The van der Waals surface area contributed by atoms with Gasteiger partial charge in [0.2, 0.25) is 11.6 Å². The number of nitrogens with zero attached hydrogens (tertiary/aromatic N) is 1. The van der Waals surface area contributed by atoms with Gasteiger partial charge in [0.1, 0.15) is 0 Å². The molecule has 78 valence electrons. The zero-order valence-electron chi connectivity index (χ0n) is 8.56. The van der Waals surface area contributed by atoms with E-state index < -0.39 is 17.6 Å². The van der Waals surface area contributed by atoms with E-state index in [0.29, 0.717) is 5.57 Å². The number of allylic oxidation sites excluding steroid dienone is 2. The number of ether oxygens (including phenoxy) is 2. The van der Waals surface area contributed by atoms with E-state index in [0.717, 1.165) is 0 Å². The SMILES string of the molecule is COC1(OC)C(=O)[C@@H]2C=C[C@@H]1C(C#N)=C2. The smallest absolute Gasteiger partial charge is 0.240 e. The third-order valence-corrected chi connectivity index (χ3v) is 3.00. The first-order chi connectivity index (χ1) is 7.19. The quantitative estimate of drug-likeness (QED) is 0.494. The van der Waals surface area contributed by atoms with E-state index in [2.05, 4.69) is 6.07 Å². The van der Waals surface area contributed by atoms with Gasteiger partial charge in [-0.05, 0) is 0 Å². The van der Waals surface area contributed by atoms with E-state index in [-0.39, 0.29) is 5.78 Å². The van der Waals surface area contributed by atoms with Gasteiger partial charge in [0.25, 0.3) is 0 Å². The molecule has 2 atom stereocenters. The molecule has 0 amide bonds. The Labute approximate surface area is 87.8 Å². The summed E-state index contributed by atoms with van der Waals surface area (Å²) in [7, 11) is 2.84. The number of nitriles is 1. The van der Waals surface area contributed by atoms with Crippen LogP contribution >= 0.6 is 0 Å². The summed E-state index contributed by atoms with van der Waals surface area (Å²) >= 11 is 0. The van der Waals surface area contributed by atoms with Crippen molar-refractivity contribution in [2.45, 2.75) is 5.79 Å². The molecule has 3 rings (SSSR count). The lowest BCUT2D eigenvalue weighted by Crippen LogP contribution is -2.55. The number of carbonyl (C=O) groups excluding carboxylic acids is 1. The van der Waals surface area contributed by atoms with Gasteiger partial charge in [-0.25, -0.2) is 0 Å². The van der Waals surface area contributed by atoms with Gasteiger partial charge in [0.15, 0.2) is 0 Å². The van der Waals surface area contributed by atoms with Crippen molar-refractivity contribution in [3.05, 3.63) is 23.8 Å². The molecular weight excluding hydrogens is 194 g/mol. The van der Waals surface area contributed by atoms with Crippen molar-refractivity contribution in [2.24, 2.45) is 11.8 Å². The van der Waals surface area contributed by atoms with E-state index in [1.807, 2.05) is 0 Å². The van der Waals surface area contributed by atoms with Crippen LogP contribution in [0.25, 0.3) is 0 Å². The second-order valence-corrected chi connectivity index (χ2v) is 3.56. The highest BCUT2D eigenvalue weighted by atomic mass is 16.7. The highest BCUT2D eigenvalue weighted by Crippen LogP contribution is 2.42. The van der Waals surface area contributed by atoms with E-state index in [1.165, 1.54) is 14.2 Å². The van der Waals surface area contributed by atoms with Crippen LogP contribution in [-0.4, -0.2) is 25.8 Å². The molecule has 4 nitrogen and oxygen atoms in total. The zero-order chi connectivity index (χ0) is 11.1. The Balaban J connectivity index is 2.54. The van der Waals surface area contributed by atoms with Crippen LogP contribution in [0.15, 0.2) is 23.8 Å². The molecule has 2 bridgehead atoms. The summed E-state index contributed by atoms with van der Waals surface area (Å²) < 4.78 is 10.4. The fourth-order valence-electron chi connectivity index (χ4n) is 2.21. The van der Waals surface area contributed by atoms with Crippen molar-refractivity contribution in [3.63, 3.8) is 0 Å². The fourth-order valence-corrected chi connectivity index (χ4v) is 2.21. The minimum Gasteiger partial charge on any atom is -0.346 e. The van der Waals surface area contributed by atoms with Crippen LogP contribution in [0.1, 0.15) is 0 Å².